The Balaban J connectivity index is 1.93. The van der Waals surface area contributed by atoms with Gasteiger partial charge in [-0.15, -0.1) is 0 Å². The summed E-state index contributed by atoms with van der Waals surface area (Å²) < 4.78 is 43.9. The van der Waals surface area contributed by atoms with Gasteiger partial charge in [0.2, 0.25) is 0 Å². The number of ether oxygens (including phenoxy) is 1. The number of halogens is 3. The highest BCUT2D eigenvalue weighted by Crippen LogP contribution is 2.41. The summed E-state index contributed by atoms with van der Waals surface area (Å²) in [7, 11) is 0. The van der Waals surface area contributed by atoms with E-state index in [0.717, 1.165) is 18.9 Å². The normalized spacial score (nSPS) is 15.0. The average molecular weight is 295 g/mol. The molecule has 1 fully saturated rings. The Morgan fingerprint density at radius 2 is 1.76 bits per heavy atom. The standard InChI is InChI=1S/C14H12F3N3O/c15-14(16,17)12-7-11(8-1-2-8)19-13(20-12)21-10-5-3-9(18)4-6-10/h3-8H,1-2,18H2. The number of anilines is 1. The predicted octanol–water partition coefficient (Wildman–Crippen LogP) is 3.75. The van der Waals surface area contributed by atoms with Crippen molar-refractivity contribution in [2.75, 3.05) is 5.73 Å². The average Bonchev–Trinajstić information content (AvgIpc) is 3.24. The van der Waals surface area contributed by atoms with Gasteiger partial charge in [0.05, 0.1) is 5.69 Å². The van der Waals surface area contributed by atoms with Crippen LogP contribution in [0.1, 0.15) is 30.1 Å². The van der Waals surface area contributed by atoms with Crippen molar-refractivity contribution in [2.24, 2.45) is 0 Å². The number of nitrogen functional groups attached to an aromatic ring is 1. The molecular weight excluding hydrogens is 283 g/mol. The quantitative estimate of drug-likeness (QED) is 0.876. The fourth-order valence-electron chi connectivity index (χ4n) is 1.86. The third-order valence-corrected chi connectivity index (χ3v) is 3.10. The van der Waals surface area contributed by atoms with Gasteiger partial charge < -0.3 is 10.5 Å². The van der Waals surface area contributed by atoms with Crippen LogP contribution >= 0.6 is 0 Å². The Bertz CT molecular complexity index is 652. The maximum atomic E-state index is 12.9. The van der Waals surface area contributed by atoms with E-state index in [9.17, 15) is 13.2 Å². The van der Waals surface area contributed by atoms with E-state index in [2.05, 4.69) is 9.97 Å². The molecular formula is C14H12F3N3O. The zero-order chi connectivity index (χ0) is 15.0. The Morgan fingerprint density at radius 3 is 2.33 bits per heavy atom. The molecule has 7 heteroatoms. The van der Waals surface area contributed by atoms with Crippen LogP contribution in [0.4, 0.5) is 18.9 Å². The third-order valence-electron chi connectivity index (χ3n) is 3.10. The van der Waals surface area contributed by atoms with Crippen LogP contribution in [0.25, 0.3) is 0 Å². The summed E-state index contributed by atoms with van der Waals surface area (Å²) in [6.45, 7) is 0. The van der Waals surface area contributed by atoms with Crippen LogP contribution in [0.3, 0.4) is 0 Å². The zero-order valence-electron chi connectivity index (χ0n) is 10.9. The monoisotopic (exact) mass is 295 g/mol. The summed E-state index contributed by atoms with van der Waals surface area (Å²) in [5.74, 6) is 0.410. The molecule has 2 aromatic rings. The number of hydrogen-bond donors (Lipinski definition) is 1. The summed E-state index contributed by atoms with van der Waals surface area (Å²) in [6.07, 6.45) is -2.84. The Hall–Kier alpha value is -2.31. The van der Waals surface area contributed by atoms with E-state index < -0.39 is 11.9 Å². The van der Waals surface area contributed by atoms with Gasteiger partial charge in [0.15, 0.2) is 5.69 Å². The lowest BCUT2D eigenvalue weighted by molar-refractivity contribution is -0.141. The van der Waals surface area contributed by atoms with Gasteiger partial charge in [-0.1, -0.05) is 0 Å². The Kier molecular flexibility index (Phi) is 3.19. The van der Waals surface area contributed by atoms with Gasteiger partial charge in [-0.3, -0.25) is 0 Å². The van der Waals surface area contributed by atoms with Crippen molar-refractivity contribution < 1.29 is 17.9 Å². The second kappa shape index (κ2) is 4.91. The fourth-order valence-corrected chi connectivity index (χ4v) is 1.86. The van der Waals surface area contributed by atoms with E-state index in [4.69, 9.17) is 10.5 Å². The number of nitrogens with two attached hydrogens (primary N) is 1. The lowest BCUT2D eigenvalue weighted by atomic mass is 10.2. The van der Waals surface area contributed by atoms with Gasteiger partial charge >= 0.3 is 12.2 Å². The van der Waals surface area contributed by atoms with Gasteiger partial charge in [0.1, 0.15) is 5.75 Å². The van der Waals surface area contributed by atoms with Crippen molar-refractivity contribution in [3.63, 3.8) is 0 Å². The molecule has 0 saturated heterocycles. The minimum absolute atomic E-state index is 0.0721. The van der Waals surface area contributed by atoms with Crippen molar-refractivity contribution in [3.8, 4) is 11.8 Å². The van der Waals surface area contributed by atoms with E-state index >= 15 is 0 Å². The van der Waals surface area contributed by atoms with E-state index in [1.807, 2.05) is 0 Å². The van der Waals surface area contributed by atoms with Gasteiger partial charge in [0, 0.05) is 11.6 Å². The molecule has 0 aliphatic heterocycles. The molecule has 0 atom stereocenters. The predicted molar refractivity (Wildman–Crippen MR) is 69.9 cm³/mol. The van der Waals surface area contributed by atoms with Crippen molar-refractivity contribution in [2.45, 2.75) is 24.9 Å². The Morgan fingerprint density at radius 1 is 1.10 bits per heavy atom. The number of alkyl halides is 3. The van der Waals surface area contributed by atoms with Crippen LogP contribution in [-0.2, 0) is 6.18 Å². The molecule has 1 saturated carbocycles. The summed E-state index contributed by atoms with van der Waals surface area (Å²) in [6, 6.07) is 6.98. The number of hydrogen-bond acceptors (Lipinski definition) is 4. The maximum Gasteiger partial charge on any atom is 0.433 e. The largest absolute Gasteiger partial charge is 0.433 e. The lowest BCUT2D eigenvalue weighted by Gasteiger charge is -2.10. The number of aromatic nitrogens is 2. The second-order valence-corrected chi connectivity index (χ2v) is 4.90. The molecule has 1 aliphatic rings. The van der Waals surface area contributed by atoms with E-state index in [1.54, 1.807) is 24.3 Å². The number of nitrogens with zero attached hydrogens (tertiary/aromatic N) is 2. The summed E-state index contributed by atoms with van der Waals surface area (Å²) in [4.78, 5) is 7.51. The molecule has 1 aromatic heterocycles. The summed E-state index contributed by atoms with van der Waals surface area (Å²) in [5, 5.41) is 0. The van der Waals surface area contributed by atoms with Gasteiger partial charge in [0.25, 0.3) is 0 Å². The van der Waals surface area contributed by atoms with Crippen LogP contribution in [0.5, 0.6) is 11.8 Å². The SMILES string of the molecule is Nc1ccc(Oc2nc(C3CC3)cc(C(F)(F)F)n2)cc1. The first-order valence-electron chi connectivity index (χ1n) is 6.41. The molecule has 3 rings (SSSR count). The smallest absolute Gasteiger partial charge is 0.424 e. The highest BCUT2D eigenvalue weighted by Gasteiger charge is 2.36. The minimum atomic E-state index is -4.52. The first-order valence-corrected chi connectivity index (χ1v) is 6.41. The van der Waals surface area contributed by atoms with Crippen LogP contribution in [-0.4, -0.2) is 9.97 Å². The molecule has 1 aromatic carbocycles. The molecule has 0 bridgehead atoms. The first kappa shape index (κ1) is 13.7. The second-order valence-electron chi connectivity index (χ2n) is 4.90. The number of benzene rings is 1. The maximum absolute atomic E-state index is 12.9. The highest BCUT2D eigenvalue weighted by atomic mass is 19.4. The Labute approximate surface area is 118 Å². The van der Waals surface area contributed by atoms with Gasteiger partial charge in [-0.2, -0.15) is 23.1 Å². The highest BCUT2D eigenvalue weighted by molar-refractivity contribution is 5.42. The molecule has 0 amide bonds. The lowest BCUT2D eigenvalue weighted by Crippen LogP contribution is -2.11. The summed E-state index contributed by atoms with van der Waals surface area (Å²) >= 11 is 0. The van der Waals surface area contributed by atoms with Gasteiger partial charge in [-0.25, -0.2) is 0 Å². The third kappa shape index (κ3) is 3.24. The van der Waals surface area contributed by atoms with E-state index in [1.165, 1.54) is 0 Å². The molecule has 1 aliphatic carbocycles. The molecule has 4 nitrogen and oxygen atoms in total. The molecule has 2 N–H and O–H groups in total. The van der Waals surface area contributed by atoms with Crippen LogP contribution in [0.15, 0.2) is 30.3 Å². The van der Waals surface area contributed by atoms with E-state index in [0.29, 0.717) is 17.1 Å². The van der Waals surface area contributed by atoms with Crippen LogP contribution < -0.4 is 10.5 Å². The van der Waals surface area contributed by atoms with Crippen LogP contribution in [0.2, 0.25) is 0 Å². The summed E-state index contributed by atoms with van der Waals surface area (Å²) in [5.41, 5.74) is 5.47. The van der Waals surface area contributed by atoms with E-state index in [-0.39, 0.29) is 11.9 Å². The number of rotatable bonds is 3. The molecule has 21 heavy (non-hydrogen) atoms. The zero-order valence-corrected chi connectivity index (χ0v) is 10.9. The van der Waals surface area contributed by atoms with Crippen LogP contribution in [0, 0.1) is 0 Å². The van der Waals surface area contributed by atoms with Crippen molar-refractivity contribution in [1.82, 2.24) is 9.97 Å². The fraction of sp³-hybridized carbons (Fsp3) is 0.286. The topological polar surface area (TPSA) is 61.0 Å². The van der Waals surface area contributed by atoms with Crippen molar-refractivity contribution in [1.29, 1.82) is 0 Å². The molecule has 110 valence electrons. The molecule has 0 spiro atoms. The first-order chi connectivity index (χ1) is 9.91. The van der Waals surface area contributed by atoms with Gasteiger partial charge in [-0.05, 0) is 43.2 Å². The molecule has 1 heterocycles. The molecule has 0 radical (unpaired) electrons. The minimum Gasteiger partial charge on any atom is -0.424 e. The van der Waals surface area contributed by atoms with Crippen molar-refractivity contribution >= 4 is 5.69 Å². The van der Waals surface area contributed by atoms with Crippen molar-refractivity contribution in [3.05, 3.63) is 41.7 Å². The molecule has 0 unspecified atom stereocenters.